The molecule has 0 fully saturated rings. The van der Waals surface area contributed by atoms with Crippen LogP contribution in [-0.4, -0.2) is 46.9 Å². The molecule has 1 N–H and O–H groups in total. The summed E-state index contributed by atoms with van der Waals surface area (Å²) < 4.78 is 6.51. The van der Waals surface area contributed by atoms with Crippen LogP contribution in [-0.2, 0) is 11.5 Å². The van der Waals surface area contributed by atoms with Crippen molar-refractivity contribution in [1.82, 2.24) is 9.78 Å². The van der Waals surface area contributed by atoms with Crippen LogP contribution in [0, 0.1) is 10.1 Å². The second kappa shape index (κ2) is 6.73. The predicted molar refractivity (Wildman–Crippen MR) is 74.4 cm³/mol. The van der Waals surface area contributed by atoms with Crippen LogP contribution < -0.4 is 0 Å². The van der Waals surface area contributed by atoms with Gasteiger partial charge in [0.15, 0.2) is 5.69 Å². The molecule has 20 heavy (non-hydrogen) atoms. The van der Waals surface area contributed by atoms with Gasteiger partial charge in [0.25, 0.3) is 0 Å². The van der Waals surface area contributed by atoms with Gasteiger partial charge < -0.3 is 9.84 Å². The SMILES string of the molecule is C[Si](C)(C)CCOCn1ncc([N+](=O)[O-])c1C(=O)CO. The van der Waals surface area contributed by atoms with Crippen molar-refractivity contribution in [3.63, 3.8) is 0 Å². The molecule has 0 saturated carbocycles. The summed E-state index contributed by atoms with van der Waals surface area (Å²) >= 11 is 0. The van der Waals surface area contributed by atoms with Gasteiger partial charge in [-0.15, -0.1) is 0 Å². The van der Waals surface area contributed by atoms with Crippen molar-refractivity contribution in [1.29, 1.82) is 0 Å². The zero-order chi connectivity index (χ0) is 15.3. The number of nitrogens with zero attached hydrogens (tertiary/aromatic N) is 3. The number of rotatable bonds is 8. The molecule has 0 bridgehead atoms. The molecule has 9 heteroatoms. The van der Waals surface area contributed by atoms with Crippen LogP contribution in [0.2, 0.25) is 25.7 Å². The lowest BCUT2D eigenvalue weighted by Gasteiger charge is -2.15. The normalized spacial score (nSPS) is 11.6. The number of aromatic nitrogens is 2. The van der Waals surface area contributed by atoms with Gasteiger partial charge in [-0.1, -0.05) is 19.6 Å². The monoisotopic (exact) mass is 301 g/mol. The largest absolute Gasteiger partial charge is 0.388 e. The molecule has 8 nitrogen and oxygen atoms in total. The standard InChI is InChI=1S/C11H19N3O5Si/c1-20(2,3)5-4-19-8-13-11(10(16)7-15)9(6-12-13)14(17)18/h6,15H,4-5,7-8H2,1-3H3. The number of aliphatic hydroxyl groups is 1. The van der Waals surface area contributed by atoms with Gasteiger partial charge in [-0.3, -0.25) is 14.9 Å². The summed E-state index contributed by atoms with van der Waals surface area (Å²) in [6, 6.07) is 0.944. The number of hydrogen-bond donors (Lipinski definition) is 1. The van der Waals surface area contributed by atoms with Crippen molar-refractivity contribution in [2.75, 3.05) is 13.2 Å². The second-order valence-electron chi connectivity index (χ2n) is 5.56. The van der Waals surface area contributed by atoms with Crippen molar-refractivity contribution in [2.45, 2.75) is 32.4 Å². The first-order valence-corrected chi connectivity index (χ1v) is 9.89. The highest BCUT2D eigenvalue weighted by atomic mass is 28.3. The maximum atomic E-state index is 11.5. The molecule has 1 heterocycles. The highest BCUT2D eigenvalue weighted by molar-refractivity contribution is 6.76. The van der Waals surface area contributed by atoms with E-state index >= 15 is 0 Å². The lowest BCUT2D eigenvalue weighted by Crippen LogP contribution is -2.23. The van der Waals surface area contributed by atoms with E-state index < -0.39 is 31.1 Å². The first-order valence-electron chi connectivity index (χ1n) is 6.18. The van der Waals surface area contributed by atoms with Crippen molar-refractivity contribution in [3.05, 3.63) is 22.0 Å². The van der Waals surface area contributed by atoms with Gasteiger partial charge in [-0.2, -0.15) is 5.10 Å². The minimum Gasteiger partial charge on any atom is -0.388 e. The van der Waals surface area contributed by atoms with Gasteiger partial charge in [0.1, 0.15) is 19.5 Å². The van der Waals surface area contributed by atoms with E-state index in [1.807, 2.05) is 0 Å². The van der Waals surface area contributed by atoms with Gasteiger partial charge in [-0.25, -0.2) is 4.68 Å². The van der Waals surface area contributed by atoms with Crippen LogP contribution >= 0.6 is 0 Å². The van der Waals surface area contributed by atoms with E-state index in [-0.39, 0.29) is 12.4 Å². The molecule has 112 valence electrons. The Hall–Kier alpha value is -1.58. The Morgan fingerprint density at radius 1 is 1.55 bits per heavy atom. The number of ketones is 1. The van der Waals surface area contributed by atoms with E-state index in [1.54, 1.807) is 0 Å². The number of hydrogen-bond acceptors (Lipinski definition) is 6. The number of Topliss-reactive ketones (excluding diaryl/α,β-unsaturated/α-hetero) is 1. The molecule has 0 aliphatic heterocycles. The number of carbonyl (C=O) groups excluding carboxylic acids is 1. The highest BCUT2D eigenvalue weighted by Gasteiger charge is 2.26. The van der Waals surface area contributed by atoms with E-state index in [0.717, 1.165) is 16.9 Å². The Labute approximate surface area is 117 Å². The molecule has 1 aromatic rings. The lowest BCUT2D eigenvalue weighted by atomic mass is 10.2. The number of carbonyl (C=O) groups is 1. The minimum atomic E-state index is -1.22. The Morgan fingerprint density at radius 2 is 2.20 bits per heavy atom. The molecule has 0 aliphatic carbocycles. The van der Waals surface area contributed by atoms with Crippen molar-refractivity contribution in [3.8, 4) is 0 Å². The first-order chi connectivity index (χ1) is 9.26. The van der Waals surface area contributed by atoms with Crippen LogP contribution in [0.4, 0.5) is 5.69 Å². The Bertz CT molecular complexity index is 495. The fourth-order valence-electron chi connectivity index (χ4n) is 1.50. The van der Waals surface area contributed by atoms with Crippen LogP contribution in [0.15, 0.2) is 6.20 Å². The number of nitro groups is 1. The van der Waals surface area contributed by atoms with Gasteiger partial charge in [0.2, 0.25) is 5.78 Å². The molecule has 1 rings (SSSR count). The average Bonchev–Trinajstić information content (AvgIpc) is 2.76. The molecule has 0 radical (unpaired) electrons. The van der Waals surface area contributed by atoms with E-state index in [1.165, 1.54) is 0 Å². The summed E-state index contributed by atoms with van der Waals surface area (Å²) in [5.41, 5.74) is -0.650. The van der Waals surface area contributed by atoms with Crippen molar-refractivity contribution < 1.29 is 19.6 Å². The molecule has 0 aromatic carbocycles. The Balaban J connectivity index is 2.75. The van der Waals surface area contributed by atoms with Gasteiger partial charge in [0, 0.05) is 14.7 Å². The van der Waals surface area contributed by atoms with Crippen LogP contribution in [0.3, 0.4) is 0 Å². The molecule has 0 saturated heterocycles. The van der Waals surface area contributed by atoms with E-state index in [9.17, 15) is 14.9 Å². The summed E-state index contributed by atoms with van der Waals surface area (Å²) in [5.74, 6) is -0.747. The summed E-state index contributed by atoms with van der Waals surface area (Å²) in [7, 11) is -1.22. The average molecular weight is 301 g/mol. The topological polar surface area (TPSA) is 107 Å². The maximum Gasteiger partial charge on any atom is 0.318 e. The summed E-state index contributed by atoms with van der Waals surface area (Å²) in [6.45, 7) is 6.28. The molecule has 0 amide bonds. The quantitative estimate of drug-likeness (QED) is 0.255. The van der Waals surface area contributed by atoms with Gasteiger partial charge in [0.05, 0.1) is 4.92 Å². The van der Waals surface area contributed by atoms with Crippen molar-refractivity contribution in [2.24, 2.45) is 0 Å². The van der Waals surface area contributed by atoms with E-state index in [4.69, 9.17) is 9.84 Å². The molecule has 1 aromatic heterocycles. The van der Waals surface area contributed by atoms with Crippen LogP contribution in [0.5, 0.6) is 0 Å². The van der Waals surface area contributed by atoms with E-state index in [2.05, 4.69) is 24.7 Å². The fourth-order valence-corrected chi connectivity index (χ4v) is 2.25. The maximum absolute atomic E-state index is 11.5. The zero-order valence-electron chi connectivity index (χ0n) is 11.8. The zero-order valence-corrected chi connectivity index (χ0v) is 12.8. The van der Waals surface area contributed by atoms with Gasteiger partial charge >= 0.3 is 5.69 Å². The fraction of sp³-hybridized carbons (Fsp3) is 0.636. The Kier molecular flexibility index (Phi) is 5.54. The third kappa shape index (κ3) is 4.51. The minimum absolute atomic E-state index is 0.0423. The third-order valence-electron chi connectivity index (χ3n) is 2.63. The van der Waals surface area contributed by atoms with E-state index in [0.29, 0.717) is 6.61 Å². The number of ether oxygens (including phenoxy) is 1. The van der Waals surface area contributed by atoms with Crippen LogP contribution in [0.25, 0.3) is 0 Å². The molecule has 0 atom stereocenters. The van der Waals surface area contributed by atoms with Crippen LogP contribution in [0.1, 0.15) is 10.5 Å². The summed E-state index contributed by atoms with van der Waals surface area (Å²) in [5, 5.41) is 23.4. The summed E-state index contributed by atoms with van der Waals surface area (Å²) in [4.78, 5) is 21.6. The number of aliphatic hydroxyl groups excluding tert-OH is 1. The molecule has 0 aliphatic rings. The summed E-state index contributed by atoms with van der Waals surface area (Å²) in [6.07, 6.45) is 0.991. The smallest absolute Gasteiger partial charge is 0.318 e. The predicted octanol–water partition coefficient (Wildman–Crippen LogP) is 1.28. The molecule has 0 spiro atoms. The molecule has 0 unspecified atom stereocenters. The lowest BCUT2D eigenvalue weighted by molar-refractivity contribution is -0.385. The van der Waals surface area contributed by atoms with Gasteiger partial charge in [-0.05, 0) is 6.04 Å². The molecular formula is C11H19N3O5Si. The Morgan fingerprint density at radius 3 is 2.70 bits per heavy atom. The van der Waals surface area contributed by atoms with Crippen molar-refractivity contribution >= 4 is 19.5 Å². The second-order valence-corrected chi connectivity index (χ2v) is 11.2. The third-order valence-corrected chi connectivity index (χ3v) is 4.34. The first kappa shape index (κ1) is 16.5. The highest BCUT2D eigenvalue weighted by Crippen LogP contribution is 2.18. The molecular weight excluding hydrogens is 282 g/mol.